The minimum Gasteiger partial charge on any atom is -0.271 e. The summed E-state index contributed by atoms with van der Waals surface area (Å²) in [5.74, 6) is 6.10. The highest BCUT2D eigenvalue weighted by molar-refractivity contribution is 7.99. The summed E-state index contributed by atoms with van der Waals surface area (Å²) in [4.78, 5) is 0.891. The quantitative estimate of drug-likeness (QED) is 0.484. The lowest BCUT2D eigenvalue weighted by Gasteiger charge is -2.16. The van der Waals surface area contributed by atoms with Gasteiger partial charge < -0.3 is 0 Å². The average molecular weight is 280 g/mol. The van der Waals surface area contributed by atoms with Gasteiger partial charge >= 0.3 is 0 Å². The van der Waals surface area contributed by atoms with Crippen LogP contribution in [-0.4, -0.2) is 15.5 Å². The molecular formula is C13H17FN4S. The third kappa shape index (κ3) is 3.56. The lowest BCUT2D eigenvalue weighted by molar-refractivity contribution is 0.527. The van der Waals surface area contributed by atoms with Crippen molar-refractivity contribution in [3.8, 4) is 0 Å². The van der Waals surface area contributed by atoms with Gasteiger partial charge in [0.15, 0.2) is 0 Å². The van der Waals surface area contributed by atoms with Crippen LogP contribution in [0.4, 0.5) is 4.39 Å². The standard InChI is InChI=1S/C13H17FN4S/c1-2-18-13(6-7-16-18)12(17-15)9-19-11-5-3-4-10(14)8-11/h3-8,12,17H,2,9,15H2,1H3. The Morgan fingerprint density at radius 1 is 1.47 bits per heavy atom. The Balaban J connectivity index is 2.04. The second-order valence-electron chi connectivity index (χ2n) is 4.06. The highest BCUT2D eigenvalue weighted by Gasteiger charge is 2.14. The Morgan fingerprint density at radius 3 is 3.00 bits per heavy atom. The second-order valence-corrected chi connectivity index (χ2v) is 5.15. The van der Waals surface area contributed by atoms with Gasteiger partial charge in [0.05, 0.1) is 11.7 Å². The van der Waals surface area contributed by atoms with E-state index in [-0.39, 0.29) is 11.9 Å². The van der Waals surface area contributed by atoms with Gasteiger partial charge in [-0.1, -0.05) is 6.07 Å². The number of hydrogen-bond donors (Lipinski definition) is 2. The molecule has 102 valence electrons. The molecule has 0 aliphatic carbocycles. The van der Waals surface area contributed by atoms with Gasteiger partial charge in [-0.25, -0.2) is 4.39 Å². The number of nitrogens with one attached hydrogen (secondary N) is 1. The van der Waals surface area contributed by atoms with Crippen molar-refractivity contribution in [1.29, 1.82) is 0 Å². The first-order chi connectivity index (χ1) is 9.24. The number of aromatic nitrogens is 2. The molecule has 0 spiro atoms. The summed E-state index contributed by atoms with van der Waals surface area (Å²) >= 11 is 1.56. The number of hydrazine groups is 1. The van der Waals surface area contributed by atoms with Crippen molar-refractivity contribution < 1.29 is 4.39 Å². The van der Waals surface area contributed by atoms with Gasteiger partial charge in [-0.2, -0.15) is 5.10 Å². The van der Waals surface area contributed by atoms with Gasteiger partial charge in [0.2, 0.25) is 0 Å². The maximum absolute atomic E-state index is 13.1. The molecule has 2 aromatic rings. The number of halogens is 1. The van der Waals surface area contributed by atoms with Crippen molar-refractivity contribution in [1.82, 2.24) is 15.2 Å². The van der Waals surface area contributed by atoms with Crippen LogP contribution >= 0.6 is 11.8 Å². The van der Waals surface area contributed by atoms with Crippen LogP contribution in [0, 0.1) is 5.82 Å². The van der Waals surface area contributed by atoms with Crippen LogP contribution in [0.5, 0.6) is 0 Å². The molecule has 19 heavy (non-hydrogen) atoms. The van der Waals surface area contributed by atoms with Crippen molar-refractivity contribution in [2.75, 3.05) is 5.75 Å². The van der Waals surface area contributed by atoms with Gasteiger partial charge in [0.1, 0.15) is 5.82 Å². The molecule has 0 amide bonds. The summed E-state index contributed by atoms with van der Waals surface area (Å²) in [6, 6.07) is 8.48. The first kappa shape index (κ1) is 14.0. The van der Waals surface area contributed by atoms with E-state index in [9.17, 15) is 4.39 Å². The van der Waals surface area contributed by atoms with Crippen molar-refractivity contribution in [3.63, 3.8) is 0 Å². The smallest absolute Gasteiger partial charge is 0.124 e. The van der Waals surface area contributed by atoms with E-state index in [1.807, 2.05) is 23.7 Å². The Labute approximate surface area is 116 Å². The second kappa shape index (κ2) is 6.70. The monoisotopic (exact) mass is 280 g/mol. The Bertz CT molecular complexity index is 529. The normalized spacial score (nSPS) is 12.6. The maximum Gasteiger partial charge on any atom is 0.124 e. The van der Waals surface area contributed by atoms with Gasteiger partial charge in [-0.05, 0) is 31.2 Å². The summed E-state index contributed by atoms with van der Waals surface area (Å²) in [5, 5.41) is 4.22. The van der Waals surface area contributed by atoms with Gasteiger partial charge in [0.25, 0.3) is 0 Å². The average Bonchev–Trinajstić information content (AvgIpc) is 2.88. The largest absolute Gasteiger partial charge is 0.271 e. The predicted octanol–water partition coefficient (Wildman–Crippen LogP) is 2.34. The molecule has 0 aliphatic heterocycles. The number of hydrogen-bond acceptors (Lipinski definition) is 4. The highest BCUT2D eigenvalue weighted by Crippen LogP contribution is 2.24. The van der Waals surface area contributed by atoms with Gasteiger partial charge in [0, 0.05) is 23.4 Å². The number of aryl methyl sites for hydroxylation is 1. The van der Waals surface area contributed by atoms with E-state index in [0.717, 1.165) is 17.1 Å². The molecule has 6 heteroatoms. The highest BCUT2D eigenvalue weighted by atomic mass is 32.2. The van der Waals surface area contributed by atoms with E-state index in [1.165, 1.54) is 12.1 Å². The first-order valence-electron chi connectivity index (χ1n) is 6.10. The number of benzene rings is 1. The van der Waals surface area contributed by atoms with Crippen LogP contribution < -0.4 is 11.3 Å². The van der Waals surface area contributed by atoms with E-state index >= 15 is 0 Å². The Hall–Kier alpha value is -1.37. The third-order valence-corrected chi connectivity index (χ3v) is 3.91. The zero-order chi connectivity index (χ0) is 13.7. The summed E-state index contributed by atoms with van der Waals surface area (Å²) in [7, 11) is 0. The van der Waals surface area contributed by atoms with Crippen LogP contribution in [0.3, 0.4) is 0 Å². The number of nitrogens with two attached hydrogens (primary N) is 1. The van der Waals surface area contributed by atoms with Crippen LogP contribution in [0.25, 0.3) is 0 Å². The third-order valence-electron chi connectivity index (χ3n) is 2.82. The van der Waals surface area contributed by atoms with Crippen LogP contribution in [0.2, 0.25) is 0 Å². The lowest BCUT2D eigenvalue weighted by atomic mass is 10.2. The van der Waals surface area contributed by atoms with E-state index in [0.29, 0.717) is 5.75 Å². The molecule has 0 aliphatic rings. The minimum atomic E-state index is -0.221. The molecule has 2 rings (SSSR count). The van der Waals surface area contributed by atoms with E-state index in [2.05, 4.69) is 10.5 Å². The summed E-state index contributed by atoms with van der Waals surface area (Å²) in [5.41, 5.74) is 3.82. The van der Waals surface area contributed by atoms with Gasteiger partial charge in [-0.3, -0.25) is 16.0 Å². The molecule has 1 atom stereocenters. The Kier molecular flexibility index (Phi) is 4.95. The first-order valence-corrected chi connectivity index (χ1v) is 7.09. The summed E-state index contributed by atoms with van der Waals surface area (Å²) < 4.78 is 15.0. The molecule has 1 aromatic heterocycles. The van der Waals surface area contributed by atoms with Crippen LogP contribution in [0.15, 0.2) is 41.4 Å². The fourth-order valence-corrected chi connectivity index (χ4v) is 2.86. The van der Waals surface area contributed by atoms with Gasteiger partial charge in [-0.15, -0.1) is 11.8 Å². The van der Waals surface area contributed by atoms with Crippen molar-refractivity contribution in [3.05, 3.63) is 48.0 Å². The van der Waals surface area contributed by atoms with E-state index in [1.54, 1.807) is 24.0 Å². The molecule has 0 bridgehead atoms. The molecule has 1 aromatic carbocycles. The molecule has 1 unspecified atom stereocenters. The van der Waals surface area contributed by atoms with E-state index in [4.69, 9.17) is 5.84 Å². The number of nitrogens with zero attached hydrogens (tertiary/aromatic N) is 2. The molecule has 0 saturated carbocycles. The fourth-order valence-electron chi connectivity index (χ4n) is 1.86. The number of thioether (sulfide) groups is 1. The number of rotatable bonds is 6. The lowest BCUT2D eigenvalue weighted by Crippen LogP contribution is -2.31. The van der Waals surface area contributed by atoms with Crippen LogP contribution in [0.1, 0.15) is 18.7 Å². The maximum atomic E-state index is 13.1. The molecule has 3 N–H and O–H groups in total. The summed E-state index contributed by atoms with van der Waals surface area (Å²) in [6.07, 6.45) is 1.76. The Morgan fingerprint density at radius 2 is 2.32 bits per heavy atom. The van der Waals surface area contributed by atoms with Crippen molar-refractivity contribution in [2.45, 2.75) is 24.4 Å². The predicted molar refractivity (Wildman–Crippen MR) is 75.1 cm³/mol. The van der Waals surface area contributed by atoms with Crippen molar-refractivity contribution >= 4 is 11.8 Å². The molecular weight excluding hydrogens is 263 g/mol. The SMILES string of the molecule is CCn1nccc1C(CSc1cccc(F)c1)NN. The molecule has 0 radical (unpaired) electrons. The molecule has 0 fully saturated rings. The molecule has 0 saturated heterocycles. The van der Waals surface area contributed by atoms with Crippen LogP contribution in [-0.2, 0) is 6.54 Å². The zero-order valence-corrected chi connectivity index (χ0v) is 11.5. The summed E-state index contributed by atoms with van der Waals surface area (Å²) in [6.45, 7) is 2.83. The van der Waals surface area contributed by atoms with E-state index < -0.39 is 0 Å². The zero-order valence-electron chi connectivity index (χ0n) is 10.7. The minimum absolute atomic E-state index is 0.0179. The molecule has 4 nitrogen and oxygen atoms in total. The topological polar surface area (TPSA) is 55.9 Å². The van der Waals surface area contributed by atoms with Crippen molar-refractivity contribution in [2.24, 2.45) is 5.84 Å². The molecule has 1 heterocycles. The fraction of sp³-hybridized carbons (Fsp3) is 0.308.